The average molecular weight is 337 g/mol. The second kappa shape index (κ2) is 6.58. The summed E-state index contributed by atoms with van der Waals surface area (Å²) in [5.74, 6) is -0.329. The fourth-order valence-electron chi connectivity index (χ4n) is 2.49. The number of H-pyrrole nitrogens is 1. The van der Waals surface area contributed by atoms with E-state index >= 15 is 0 Å². The van der Waals surface area contributed by atoms with Crippen LogP contribution in [0, 0.1) is 13.8 Å². The predicted molar refractivity (Wildman–Crippen MR) is 89.8 cm³/mol. The number of carbonyl (C=O) groups excluding carboxylic acids is 1. The van der Waals surface area contributed by atoms with Crippen LogP contribution >= 0.6 is 11.6 Å². The smallest absolute Gasteiger partial charge is 0.261 e. The summed E-state index contributed by atoms with van der Waals surface area (Å²) in [6.45, 7) is 7.61. The molecule has 0 atom stereocenters. The lowest BCUT2D eigenvalue weighted by Gasteiger charge is -2.27. The maximum Gasteiger partial charge on any atom is 0.261 e. The van der Waals surface area contributed by atoms with Crippen LogP contribution in [0.1, 0.15) is 41.0 Å². The lowest BCUT2D eigenvalue weighted by molar-refractivity contribution is 0.0687. The van der Waals surface area contributed by atoms with E-state index in [2.05, 4.69) is 10.1 Å². The number of nitrogens with zero attached hydrogens (tertiary/aromatic N) is 3. The molecular weight excluding hydrogens is 316 g/mol. The van der Waals surface area contributed by atoms with Crippen molar-refractivity contribution < 1.29 is 4.79 Å². The summed E-state index contributed by atoms with van der Waals surface area (Å²) < 4.78 is 1.68. The van der Waals surface area contributed by atoms with Gasteiger partial charge in [-0.25, -0.2) is 0 Å². The molecule has 6 nitrogen and oxygen atoms in total. The Labute approximate surface area is 140 Å². The highest BCUT2D eigenvalue weighted by molar-refractivity contribution is 6.32. The predicted octanol–water partition coefficient (Wildman–Crippen LogP) is 2.43. The number of amides is 1. The zero-order valence-electron chi connectivity index (χ0n) is 14.0. The van der Waals surface area contributed by atoms with Gasteiger partial charge in [-0.05, 0) is 33.3 Å². The topological polar surface area (TPSA) is 71.0 Å². The van der Waals surface area contributed by atoms with E-state index in [0.717, 1.165) is 5.56 Å². The first-order valence-electron chi connectivity index (χ1n) is 7.39. The van der Waals surface area contributed by atoms with E-state index < -0.39 is 5.56 Å². The van der Waals surface area contributed by atoms with Crippen molar-refractivity contribution in [3.8, 4) is 0 Å². The Balaban J connectivity index is 2.43. The van der Waals surface area contributed by atoms with Crippen molar-refractivity contribution in [2.45, 2.75) is 40.3 Å². The summed E-state index contributed by atoms with van der Waals surface area (Å²) in [5.41, 5.74) is 1.66. The zero-order valence-corrected chi connectivity index (χ0v) is 14.7. The van der Waals surface area contributed by atoms with Crippen molar-refractivity contribution in [2.75, 3.05) is 0 Å². The largest absolute Gasteiger partial charge is 0.332 e. The molecule has 0 spiro atoms. The lowest BCUT2D eigenvalue weighted by Crippen LogP contribution is -2.39. The summed E-state index contributed by atoms with van der Waals surface area (Å²) in [6.07, 6.45) is 3.56. The van der Waals surface area contributed by atoms with Crippen LogP contribution < -0.4 is 5.56 Å². The van der Waals surface area contributed by atoms with Crippen LogP contribution in [0.5, 0.6) is 0 Å². The van der Waals surface area contributed by atoms with E-state index in [0.29, 0.717) is 22.8 Å². The van der Waals surface area contributed by atoms with E-state index in [9.17, 15) is 9.59 Å². The van der Waals surface area contributed by atoms with Crippen molar-refractivity contribution in [3.05, 3.63) is 50.2 Å². The molecule has 2 rings (SSSR count). The first-order valence-corrected chi connectivity index (χ1v) is 7.77. The van der Waals surface area contributed by atoms with Gasteiger partial charge in [0.05, 0.1) is 11.2 Å². The fraction of sp³-hybridized carbons (Fsp3) is 0.438. The second-order valence-corrected chi connectivity index (χ2v) is 6.32. The molecule has 0 aliphatic heterocycles. The van der Waals surface area contributed by atoms with Crippen LogP contribution in [0.25, 0.3) is 0 Å². The Hall–Kier alpha value is -2.08. The molecule has 2 heterocycles. The maximum absolute atomic E-state index is 12.9. The number of nitrogens with one attached hydrogen (secondary N) is 1. The van der Waals surface area contributed by atoms with Gasteiger partial charge in [-0.1, -0.05) is 11.6 Å². The summed E-state index contributed by atoms with van der Waals surface area (Å²) in [4.78, 5) is 29.5. The third kappa shape index (κ3) is 3.47. The molecule has 0 bridgehead atoms. The number of rotatable bonds is 4. The molecule has 124 valence electrons. The van der Waals surface area contributed by atoms with E-state index in [4.69, 9.17) is 11.6 Å². The molecule has 7 heteroatoms. The maximum atomic E-state index is 12.9. The van der Waals surface area contributed by atoms with E-state index in [1.54, 1.807) is 29.6 Å². The average Bonchev–Trinajstić information content (AvgIpc) is 2.87. The Morgan fingerprint density at radius 3 is 2.61 bits per heavy atom. The molecule has 0 fully saturated rings. The highest BCUT2D eigenvalue weighted by Gasteiger charge is 2.25. The van der Waals surface area contributed by atoms with Gasteiger partial charge < -0.3 is 9.88 Å². The minimum atomic E-state index is -0.411. The molecule has 0 aliphatic rings. The number of carbonyl (C=O) groups is 1. The Kier molecular flexibility index (Phi) is 4.94. The molecule has 2 aromatic heterocycles. The number of hydrogen-bond donors (Lipinski definition) is 1. The Morgan fingerprint density at radius 2 is 2.09 bits per heavy atom. The molecule has 0 aliphatic carbocycles. The normalized spacial score (nSPS) is 11.1. The second-order valence-electron chi connectivity index (χ2n) is 5.94. The Bertz CT molecular complexity index is 792. The fourth-order valence-corrected chi connectivity index (χ4v) is 2.63. The van der Waals surface area contributed by atoms with Crippen LogP contribution in [0.15, 0.2) is 17.2 Å². The van der Waals surface area contributed by atoms with Gasteiger partial charge in [0.25, 0.3) is 11.5 Å². The van der Waals surface area contributed by atoms with Gasteiger partial charge in [0.2, 0.25) is 0 Å². The number of pyridine rings is 1. The van der Waals surface area contributed by atoms with Crippen molar-refractivity contribution >= 4 is 17.5 Å². The minimum absolute atomic E-state index is 0.0680. The quantitative estimate of drug-likeness (QED) is 0.932. The van der Waals surface area contributed by atoms with Crippen LogP contribution in [-0.4, -0.2) is 31.6 Å². The number of hydrogen-bond acceptors (Lipinski definition) is 3. The molecule has 2 aromatic rings. The lowest BCUT2D eigenvalue weighted by atomic mass is 10.1. The molecule has 0 radical (unpaired) electrons. The molecule has 23 heavy (non-hydrogen) atoms. The molecule has 0 unspecified atom stereocenters. The van der Waals surface area contributed by atoms with Crippen LogP contribution in [0.3, 0.4) is 0 Å². The van der Waals surface area contributed by atoms with Crippen molar-refractivity contribution in [3.63, 3.8) is 0 Å². The van der Waals surface area contributed by atoms with Crippen molar-refractivity contribution in [1.29, 1.82) is 0 Å². The third-order valence-corrected chi connectivity index (χ3v) is 4.34. The summed E-state index contributed by atoms with van der Waals surface area (Å²) in [5, 5.41) is 4.53. The summed E-state index contributed by atoms with van der Waals surface area (Å²) >= 11 is 6.19. The van der Waals surface area contributed by atoms with Gasteiger partial charge in [-0.3, -0.25) is 14.3 Å². The molecule has 1 N–H and O–H groups in total. The SMILES string of the molecule is Cc1[nH]c(=O)c(C(=O)N(Cc2cnn(C)c2)C(C)C)c(C)c1Cl. The molecule has 1 amide bonds. The third-order valence-electron chi connectivity index (χ3n) is 3.77. The van der Waals surface area contributed by atoms with Crippen LogP contribution in [-0.2, 0) is 13.6 Å². The monoisotopic (exact) mass is 336 g/mol. The van der Waals surface area contributed by atoms with Gasteiger partial charge >= 0.3 is 0 Å². The minimum Gasteiger partial charge on any atom is -0.332 e. The number of aromatic amines is 1. The van der Waals surface area contributed by atoms with Gasteiger partial charge in [0.1, 0.15) is 5.56 Å². The van der Waals surface area contributed by atoms with E-state index in [1.165, 1.54) is 0 Å². The Morgan fingerprint density at radius 1 is 1.43 bits per heavy atom. The van der Waals surface area contributed by atoms with E-state index in [1.807, 2.05) is 27.1 Å². The molecule has 0 aromatic carbocycles. The number of aryl methyl sites for hydroxylation is 2. The molecular formula is C16H21ClN4O2. The van der Waals surface area contributed by atoms with Crippen molar-refractivity contribution in [1.82, 2.24) is 19.7 Å². The highest BCUT2D eigenvalue weighted by Crippen LogP contribution is 2.21. The highest BCUT2D eigenvalue weighted by atomic mass is 35.5. The van der Waals surface area contributed by atoms with E-state index in [-0.39, 0.29) is 17.5 Å². The summed E-state index contributed by atoms with van der Waals surface area (Å²) in [7, 11) is 1.82. The molecule has 0 saturated carbocycles. The first kappa shape index (κ1) is 17.3. The number of halogens is 1. The van der Waals surface area contributed by atoms with Gasteiger partial charge in [0, 0.05) is 37.1 Å². The van der Waals surface area contributed by atoms with Crippen LogP contribution in [0.4, 0.5) is 0 Å². The van der Waals surface area contributed by atoms with Gasteiger partial charge in [-0.15, -0.1) is 0 Å². The number of aromatic nitrogens is 3. The zero-order chi connectivity index (χ0) is 17.3. The standard InChI is InChI=1S/C16H21ClN4O2/c1-9(2)21(8-12-6-18-20(5)7-12)16(23)13-10(3)14(17)11(4)19-15(13)22/h6-7,9H,8H2,1-5H3,(H,19,22). The molecule has 0 saturated heterocycles. The van der Waals surface area contributed by atoms with Crippen molar-refractivity contribution in [2.24, 2.45) is 7.05 Å². The first-order chi connectivity index (χ1) is 10.7. The van der Waals surface area contributed by atoms with Gasteiger partial charge in [-0.2, -0.15) is 5.10 Å². The van der Waals surface area contributed by atoms with Crippen LogP contribution in [0.2, 0.25) is 5.02 Å². The summed E-state index contributed by atoms with van der Waals surface area (Å²) in [6, 6.07) is -0.0680. The van der Waals surface area contributed by atoms with Gasteiger partial charge in [0.15, 0.2) is 0 Å².